The van der Waals surface area contributed by atoms with Crippen LogP contribution in [-0.4, -0.2) is 54.8 Å². The zero-order chi connectivity index (χ0) is 27.8. The van der Waals surface area contributed by atoms with Crippen molar-refractivity contribution in [2.24, 2.45) is 11.8 Å². The van der Waals surface area contributed by atoms with Crippen LogP contribution in [0.1, 0.15) is 51.3 Å². The quantitative estimate of drug-likeness (QED) is 0.519. The van der Waals surface area contributed by atoms with Crippen molar-refractivity contribution in [3.05, 3.63) is 71.9 Å². The first-order valence-corrected chi connectivity index (χ1v) is 13.2. The normalized spacial score (nSPS) is 21.7. The molecular formula is C30H40N4O4. The SMILES string of the molecule is CCC(C)C(C(=O)NC1C(=O)NC(C(C)C)C(=O)NC=Cc2ccc(cc2)OC1c1ccccc1)N(C)C. The third-order valence-electron chi connectivity index (χ3n) is 6.91. The predicted molar refractivity (Wildman–Crippen MR) is 149 cm³/mol. The van der Waals surface area contributed by atoms with E-state index in [0.717, 1.165) is 17.5 Å². The van der Waals surface area contributed by atoms with E-state index in [1.807, 2.05) is 89.2 Å². The van der Waals surface area contributed by atoms with E-state index in [0.29, 0.717) is 5.75 Å². The molecule has 3 amide bonds. The summed E-state index contributed by atoms with van der Waals surface area (Å²) < 4.78 is 6.42. The van der Waals surface area contributed by atoms with Crippen molar-refractivity contribution in [3.8, 4) is 5.75 Å². The van der Waals surface area contributed by atoms with Crippen LogP contribution in [0.15, 0.2) is 60.8 Å². The molecule has 2 bridgehead atoms. The van der Waals surface area contributed by atoms with Crippen LogP contribution in [0.3, 0.4) is 0 Å². The summed E-state index contributed by atoms with van der Waals surface area (Å²) >= 11 is 0. The molecule has 8 heteroatoms. The van der Waals surface area contributed by atoms with Crippen molar-refractivity contribution in [2.75, 3.05) is 14.1 Å². The van der Waals surface area contributed by atoms with Gasteiger partial charge in [0.1, 0.15) is 17.8 Å². The summed E-state index contributed by atoms with van der Waals surface area (Å²) in [6, 6.07) is 14.3. The summed E-state index contributed by atoms with van der Waals surface area (Å²) in [6.07, 6.45) is 3.29. The number of hydrogen-bond donors (Lipinski definition) is 3. The number of carbonyl (C=O) groups excluding carboxylic acids is 3. The van der Waals surface area contributed by atoms with Gasteiger partial charge in [-0.3, -0.25) is 19.3 Å². The van der Waals surface area contributed by atoms with Crippen LogP contribution in [-0.2, 0) is 14.4 Å². The molecule has 0 spiro atoms. The van der Waals surface area contributed by atoms with Gasteiger partial charge >= 0.3 is 0 Å². The lowest BCUT2D eigenvalue weighted by atomic mass is 9.95. The van der Waals surface area contributed by atoms with Crippen molar-refractivity contribution in [3.63, 3.8) is 0 Å². The van der Waals surface area contributed by atoms with Crippen molar-refractivity contribution in [1.82, 2.24) is 20.9 Å². The summed E-state index contributed by atoms with van der Waals surface area (Å²) in [5, 5.41) is 8.65. The lowest BCUT2D eigenvalue weighted by molar-refractivity contribution is -0.136. The Bertz CT molecular complexity index is 1110. The summed E-state index contributed by atoms with van der Waals surface area (Å²) in [6.45, 7) is 7.76. The van der Waals surface area contributed by atoms with Crippen LogP contribution in [0, 0.1) is 11.8 Å². The zero-order valence-corrected chi connectivity index (χ0v) is 23.1. The van der Waals surface area contributed by atoms with Crippen LogP contribution in [0.25, 0.3) is 6.08 Å². The minimum absolute atomic E-state index is 0.0520. The molecule has 0 saturated carbocycles. The first-order valence-electron chi connectivity index (χ1n) is 13.2. The maximum absolute atomic E-state index is 13.9. The van der Waals surface area contributed by atoms with Gasteiger partial charge in [0.05, 0.1) is 6.04 Å². The summed E-state index contributed by atoms with van der Waals surface area (Å²) in [5.41, 5.74) is 1.60. The molecule has 3 N–H and O–H groups in total. The van der Waals surface area contributed by atoms with Crippen LogP contribution in [0.2, 0.25) is 0 Å². The molecule has 204 valence electrons. The van der Waals surface area contributed by atoms with Gasteiger partial charge in [0.2, 0.25) is 17.7 Å². The molecule has 5 atom stereocenters. The van der Waals surface area contributed by atoms with Gasteiger partial charge in [-0.05, 0) is 55.3 Å². The molecular weight excluding hydrogens is 480 g/mol. The summed E-state index contributed by atoms with van der Waals surface area (Å²) in [5.74, 6) is -0.710. The largest absolute Gasteiger partial charge is 0.483 e. The van der Waals surface area contributed by atoms with Crippen molar-refractivity contribution >= 4 is 23.8 Å². The molecule has 5 unspecified atom stereocenters. The van der Waals surface area contributed by atoms with E-state index < -0.39 is 30.1 Å². The van der Waals surface area contributed by atoms with E-state index in [1.165, 1.54) is 0 Å². The van der Waals surface area contributed by atoms with Crippen molar-refractivity contribution in [2.45, 2.75) is 58.3 Å². The van der Waals surface area contributed by atoms with E-state index >= 15 is 0 Å². The first kappa shape index (κ1) is 28.9. The highest BCUT2D eigenvalue weighted by Crippen LogP contribution is 2.27. The third-order valence-corrected chi connectivity index (χ3v) is 6.91. The molecule has 0 aromatic heterocycles. The van der Waals surface area contributed by atoms with Crippen LogP contribution < -0.4 is 20.7 Å². The molecule has 8 nitrogen and oxygen atoms in total. The third kappa shape index (κ3) is 7.22. The predicted octanol–water partition coefficient (Wildman–Crippen LogP) is 3.51. The number of nitrogens with zero attached hydrogens (tertiary/aromatic N) is 1. The Morgan fingerprint density at radius 3 is 2.24 bits per heavy atom. The molecule has 0 fully saturated rings. The molecule has 0 saturated heterocycles. The van der Waals surface area contributed by atoms with Gasteiger partial charge < -0.3 is 20.7 Å². The van der Waals surface area contributed by atoms with Gasteiger partial charge in [-0.15, -0.1) is 0 Å². The van der Waals surface area contributed by atoms with Crippen LogP contribution in [0.4, 0.5) is 0 Å². The Morgan fingerprint density at radius 2 is 1.66 bits per heavy atom. The van der Waals surface area contributed by atoms with Gasteiger partial charge in [0, 0.05) is 6.20 Å². The van der Waals surface area contributed by atoms with E-state index in [4.69, 9.17) is 4.74 Å². The molecule has 0 radical (unpaired) electrons. The minimum atomic E-state index is -1.11. The van der Waals surface area contributed by atoms with E-state index in [2.05, 4.69) is 16.0 Å². The highest BCUT2D eigenvalue weighted by molar-refractivity contribution is 5.94. The Balaban J connectivity index is 2.12. The molecule has 2 heterocycles. The molecule has 2 aromatic carbocycles. The lowest BCUT2D eigenvalue weighted by Gasteiger charge is -2.34. The van der Waals surface area contributed by atoms with E-state index in [1.54, 1.807) is 24.4 Å². The Kier molecular flexibility index (Phi) is 10.1. The number of fused-ring (bicyclic) bond motifs is 10. The average Bonchev–Trinajstić information content (AvgIpc) is 2.89. The summed E-state index contributed by atoms with van der Waals surface area (Å²) in [4.78, 5) is 42.5. The van der Waals surface area contributed by atoms with E-state index in [-0.39, 0.29) is 23.7 Å². The Labute approximate surface area is 225 Å². The average molecular weight is 521 g/mol. The first-order chi connectivity index (χ1) is 18.1. The Morgan fingerprint density at radius 1 is 1.00 bits per heavy atom. The smallest absolute Gasteiger partial charge is 0.247 e. The van der Waals surface area contributed by atoms with Gasteiger partial charge in [-0.2, -0.15) is 0 Å². The zero-order valence-electron chi connectivity index (χ0n) is 23.1. The second-order valence-electron chi connectivity index (χ2n) is 10.4. The van der Waals surface area contributed by atoms with Gasteiger partial charge in [-0.1, -0.05) is 76.6 Å². The fraction of sp³-hybridized carbons (Fsp3) is 0.433. The number of nitrogens with one attached hydrogen (secondary N) is 3. The molecule has 0 aliphatic carbocycles. The second-order valence-corrected chi connectivity index (χ2v) is 10.4. The highest BCUT2D eigenvalue weighted by atomic mass is 16.5. The van der Waals surface area contributed by atoms with E-state index in [9.17, 15) is 14.4 Å². The molecule has 2 aliphatic rings. The molecule has 38 heavy (non-hydrogen) atoms. The van der Waals surface area contributed by atoms with Crippen LogP contribution in [0.5, 0.6) is 5.75 Å². The number of carbonyl (C=O) groups is 3. The van der Waals surface area contributed by atoms with Gasteiger partial charge in [0.25, 0.3) is 0 Å². The van der Waals surface area contributed by atoms with Crippen molar-refractivity contribution < 1.29 is 19.1 Å². The number of benzene rings is 2. The Hall–Kier alpha value is -3.65. The lowest BCUT2D eigenvalue weighted by Crippen LogP contribution is -2.60. The highest BCUT2D eigenvalue weighted by Gasteiger charge is 2.38. The molecule has 4 rings (SSSR count). The fourth-order valence-electron chi connectivity index (χ4n) is 4.61. The maximum Gasteiger partial charge on any atom is 0.247 e. The molecule has 2 aromatic rings. The summed E-state index contributed by atoms with van der Waals surface area (Å²) in [7, 11) is 3.70. The monoisotopic (exact) mass is 520 g/mol. The van der Waals surface area contributed by atoms with Crippen molar-refractivity contribution in [1.29, 1.82) is 0 Å². The number of hydrogen-bond acceptors (Lipinski definition) is 5. The number of amides is 3. The number of likely N-dealkylation sites (N-methyl/N-ethyl adjacent to an activating group) is 1. The van der Waals surface area contributed by atoms with Gasteiger partial charge in [-0.25, -0.2) is 0 Å². The van der Waals surface area contributed by atoms with Gasteiger partial charge in [0.15, 0.2) is 6.10 Å². The minimum Gasteiger partial charge on any atom is -0.483 e. The molecule has 2 aliphatic heterocycles. The number of rotatable bonds is 7. The topological polar surface area (TPSA) is 99.8 Å². The second kappa shape index (κ2) is 13.2. The number of ether oxygens (including phenoxy) is 1. The fourth-order valence-corrected chi connectivity index (χ4v) is 4.61. The van der Waals surface area contributed by atoms with Crippen LogP contribution >= 0.6 is 0 Å². The maximum atomic E-state index is 13.9. The standard InChI is InChI=1S/C30H40N4O4/c1-7-20(4)26(34(5)6)30(37)33-25-27(22-11-9-8-10-12-22)38-23-15-13-21(14-16-23)17-18-31-28(35)24(19(2)3)32-29(25)36/h8-20,24-27H,7H2,1-6H3,(H,31,35)(H,32,36)(H,33,37).